The van der Waals surface area contributed by atoms with Gasteiger partial charge in [0.25, 0.3) is 0 Å². The lowest BCUT2D eigenvalue weighted by molar-refractivity contribution is 0.207. The Hall–Kier alpha value is -0.0800. The zero-order chi connectivity index (χ0) is 8.60. The van der Waals surface area contributed by atoms with Crippen molar-refractivity contribution in [2.75, 3.05) is 19.6 Å². The molecule has 2 fully saturated rings. The third kappa shape index (κ3) is 1.27. The number of hydrogen-bond donors (Lipinski definition) is 1. The second kappa shape index (κ2) is 3.00. The lowest BCUT2D eigenvalue weighted by Gasteiger charge is -2.26. The van der Waals surface area contributed by atoms with Gasteiger partial charge >= 0.3 is 0 Å². The normalized spacial score (nSPS) is 34.0. The van der Waals surface area contributed by atoms with Crippen LogP contribution in [-0.2, 0) is 0 Å². The molecule has 70 valence electrons. The predicted molar refractivity (Wildman–Crippen MR) is 51.0 cm³/mol. The molecule has 1 aliphatic carbocycles. The molecule has 2 heteroatoms. The molecule has 12 heavy (non-hydrogen) atoms. The summed E-state index contributed by atoms with van der Waals surface area (Å²) in [6, 6.07) is 0. The van der Waals surface area contributed by atoms with Crippen LogP contribution in [-0.4, -0.2) is 30.1 Å². The van der Waals surface area contributed by atoms with Gasteiger partial charge in [0.2, 0.25) is 0 Å². The summed E-state index contributed by atoms with van der Waals surface area (Å²) in [6.45, 7) is 5.78. The molecule has 2 N–H and O–H groups in total. The molecular weight excluding hydrogens is 148 g/mol. The summed E-state index contributed by atoms with van der Waals surface area (Å²) in [5.74, 6) is 0.786. The van der Waals surface area contributed by atoms with Crippen LogP contribution in [0.4, 0.5) is 0 Å². The van der Waals surface area contributed by atoms with E-state index in [4.69, 9.17) is 5.73 Å². The van der Waals surface area contributed by atoms with Gasteiger partial charge in [-0.05, 0) is 44.7 Å². The van der Waals surface area contributed by atoms with E-state index in [2.05, 4.69) is 11.8 Å². The van der Waals surface area contributed by atoms with Crippen LogP contribution in [0.5, 0.6) is 0 Å². The lowest BCUT2D eigenvalue weighted by atomic mass is 10.1. The first-order valence-electron chi connectivity index (χ1n) is 5.26. The Balaban J connectivity index is 1.90. The minimum atomic E-state index is 0.629. The van der Waals surface area contributed by atoms with Crippen LogP contribution in [0.2, 0.25) is 0 Å². The molecule has 0 spiro atoms. The van der Waals surface area contributed by atoms with Crippen LogP contribution in [0, 0.1) is 5.92 Å². The van der Waals surface area contributed by atoms with E-state index in [1.165, 1.54) is 38.8 Å². The highest BCUT2D eigenvalue weighted by Crippen LogP contribution is 2.46. The van der Waals surface area contributed by atoms with Crippen molar-refractivity contribution in [3.63, 3.8) is 0 Å². The van der Waals surface area contributed by atoms with Gasteiger partial charge in [-0.25, -0.2) is 0 Å². The summed E-state index contributed by atoms with van der Waals surface area (Å²) in [5, 5.41) is 0. The summed E-state index contributed by atoms with van der Waals surface area (Å²) in [4.78, 5) is 2.69. The Morgan fingerprint density at radius 3 is 2.67 bits per heavy atom. The van der Waals surface area contributed by atoms with Crippen molar-refractivity contribution >= 4 is 0 Å². The van der Waals surface area contributed by atoms with Crippen LogP contribution in [0.15, 0.2) is 0 Å². The van der Waals surface area contributed by atoms with Crippen LogP contribution in [0.1, 0.15) is 32.6 Å². The Morgan fingerprint density at radius 2 is 2.25 bits per heavy atom. The van der Waals surface area contributed by atoms with Crippen molar-refractivity contribution < 1.29 is 0 Å². The molecular formula is C10H20N2. The number of nitrogens with zero attached hydrogens (tertiary/aromatic N) is 1. The van der Waals surface area contributed by atoms with Crippen LogP contribution >= 0.6 is 0 Å². The van der Waals surface area contributed by atoms with Gasteiger partial charge in [-0.3, -0.25) is 4.90 Å². The average molecular weight is 168 g/mol. The minimum Gasteiger partial charge on any atom is -0.330 e. The van der Waals surface area contributed by atoms with Crippen molar-refractivity contribution in [2.45, 2.75) is 38.1 Å². The van der Waals surface area contributed by atoms with Gasteiger partial charge in [0.15, 0.2) is 0 Å². The van der Waals surface area contributed by atoms with E-state index in [0.29, 0.717) is 5.54 Å². The zero-order valence-corrected chi connectivity index (χ0v) is 8.05. The maximum Gasteiger partial charge on any atom is 0.0208 e. The molecule has 0 bridgehead atoms. The Labute approximate surface area is 75.1 Å². The summed E-state index contributed by atoms with van der Waals surface area (Å²) < 4.78 is 0. The van der Waals surface area contributed by atoms with E-state index >= 15 is 0 Å². The first kappa shape index (κ1) is 8.52. The Kier molecular flexibility index (Phi) is 2.13. The molecule has 1 atom stereocenters. The fourth-order valence-electron chi connectivity index (χ4n) is 2.49. The van der Waals surface area contributed by atoms with Gasteiger partial charge in [0, 0.05) is 12.1 Å². The minimum absolute atomic E-state index is 0.629. The molecule has 0 aromatic carbocycles. The van der Waals surface area contributed by atoms with E-state index in [1.807, 2.05) is 0 Å². The molecule has 0 aromatic heterocycles. The summed E-state index contributed by atoms with van der Waals surface area (Å²) in [6.07, 6.45) is 5.53. The van der Waals surface area contributed by atoms with E-state index in [0.717, 1.165) is 12.5 Å². The lowest BCUT2D eigenvalue weighted by Crippen LogP contribution is -2.35. The zero-order valence-electron chi connectivity index (χ0n) is 8.05. The Bertz CT molecular complexity index is 163. The Morgan fingerprint density at radius 1 is 1.50 bits per heavy atom. The maximum absolute atomic E-state index is 5.67. The molecule has 2 nitrogen and oxygen atoms in total. The van der Waals surface area contributed by atoms with Gasteiger partial charge in [-0.1, -0.05) is 6.92 Å². The van der Waals surface area contributed by atoms with E-state index in [1.54, 1.807) is 0 Å². The SMILES string of the molecule is CCC1(N2CCC(CN)C2)CC1. The second-order valence-electron chi connectivity index (χ2n) is 4.41. The quantitative estimate of drug-likeness (QED) is 0.686. The predicted octanol–water partition coefficient (Wildman–Crippen LogP) is 1.21. The first-order chi connectivity index (χ1) is 5.80. The van der Waals surface area contributed by atoms with Gasteiger partial charge in [-0.15, -0.1) is 0 Å². The first-order valence-corrected chi connectivity index (χ1v) is 5.26. The van der Waals surface area contributed by atoms with Crippen LogP contribution in [0.3, 0.4) is 0 Å². The molecule has 1 heterocycles. The number of hydrogen-bond acceptors (Lipinski definition) is 2. The molecule has 1 unspecified atom stereocenters. The highest BCUT2D eigenvalue weighted by atomic mass is 15.2. The molecule has 1 aliphatic heterocycles. The summed E-state index contributed by atoms with van der Waals surface area (Å²) in [5.41, 5.74) is 6.30. The fourth-order valence-corrected chi connectivity index (χ4v) is 2.49. The van der Waals surface area contributed by atoms with Gasteiger partial charge in [0.1, 0.15) is 0 Å². The number of nitrogens with two attached hydrogens (primary N) is 1. The van der Waals surface area contributed by atoms with Crippen molar-refractivity contribution in [3.05, 3.63) is 0 Å². The molecule has 1 saturated carbocycles. The van der Waals surface area contributed by atoms with Crippen molar-refractivity contribution in [1.82, 2.24) is 4.90 Å². The van der Waals surface area contributed by atoms with Crippen LogP contribution in [0.25, 0.3) is 0 Å². The largest absolute Gasteiger partial charge is 0.330 e. The van der Waals surface area contributed by atoms with Gasteiger partial charge in [-0.2, -0.15) is 0 Å². The molecule has 1 saturated heterocycles. The highest BCUT2D eigenvalue weighted by molar-refractivity contribution is 5.04. The standard InChI is InChI=1S/C10H20N2/c1-2-10(4-5-10)12-6-3-9(7-11)8-12/h9H,2-8,11H2,1H3. The fraction of sp³-hybridized carbons (Fsp3) is 1.00. The third-order valence-electron chi connectivity index (χ3n) is 3.78. The maximum atomic E-state index is 5.67. The molecule has 0 aromatic rings. The van der Waals surface area contributed by atoms with E-state index < -0.39 is 0 Å². The third-order valence-corrected chi connectivity index (χ3v) is 3.78. The topological polar surface area (TPSA) is 29.3 Å². The smallest absolute Gasteiger partial charge is 0.0208 e. The summed E-state index contributed by atoms with van der Waals surface area (Å²) in [7, 11) is 0. The summed E-state index contributed by atoms with van der Waals surface area (Å²) >= 11 is 0. The molecule has 2 rings (SSSR count). The number of likely N-dealkylation sites (tertiary alicyclic amines) is 1. The average Bonchev–Trinajstić information content (AvgIpc) is 2.77. The second-order valence-corrected chi connectivity index (χ2v) is 4.41. The highest BCUT2D eigenvalue weighted by Gasteiger charge is 2.47. The molecule has 0 radical (unpaired) electrons. The van der Waals surface area contributed by atoms with Crippen LogP contribution < -0.4 is 5.73 Å². The monoisotopic (exact) mass is 168 g/mol. The molecule has 0 amide bonds. The number of rotatable bonds is 3. The van der Waals surface area contributed by atoms with Gasteiger partial charge < -0.3 is 5.73 Å². The van der Waals surface area contributed by atoms with Crippen molar-refractivity contribution in [1.29, 1.82) is 0 Å². The molecule has 2 aliphatic rings. The van der Waals surface area contributed by atoms with Crippen molar-refractivity contribution in [2.24, 2.45) is 11.7 Å². The van der Waals surface area contributed by atoms with Gasteiger partial charge in [0.05, 0.1) is 0 Å². The van der Waals surface area contributed by atoms with Crippen molar-refractivity contribution in [3.8, 4) is 0 Å². The van der Waals surface area contributed by atoms with E-state index in [9.17, 15) is 0 Å². The van der Waals surface area contributed by atoms with E-state index in [-0.39, 0.29) is 0 Å².